The Morgan fingerprint density at radius 2 is 2.05 bits per heavy atom. The Kier molecular flexibility index (Phi) is 4.16. The summed E-state index contributed by atoms with van der Waals surface area (Å²) in [7, 11) is -3.74. The minimum atomic E-state index is -3.74. The lowest BCUT2D eigenvalue weighted by atomic mass is 10.2. The second kappa shape index (κ2) is 5.51. The fraction of sp³-hybridized carbons (Fsp3) is 0. The first-order chi connectivity index (χ1) is 8.94. The number of rotatable bonds is 3. The first-order valence-electron chi connectivity index (χ1n) is 4.91. The molecule has 0 unspecified atom stereocenters. The molecule has 2 rings (SSSR count). The Bertz CT molecular complexity index is 746. The van der Waals surface area contributed by atoms with Gasteiger partial charge in [-0.3, -0.25) is 4.72 Å². The van der Waals surface area contributed by atoms with Crippen molar-refractivity contribution in [3.05, 3.63) is 44.7 Å². The molecule has 0 amide bonds. The minimum absolute atomic E-state index is 0.0807. The highest BCUT2D eigenvalue weighted by Crippen LogP contribution is 2.35. The van der Waals surface area contributed by atoms with Gasteiger partial charge in [0, 0.05) is 0 Å². The molecular weight excluding hydrogens is 372 g/mol. The van der Waals surface area contributed by atoms with Gasteiger partial charge in [0.2, 0.25) is 0 Å². The Morgan fingerprint density at radius 1 is 1.37 bits per heavy atom. The van der Waals surface area contributed by atoms with E-state index >= 15 is 0 Å². The normalized spacial score (nSPS) is 11.0. The molecule has 1 N–H and O–H groups in total. The third-order valence-corrected chi connectivity index (χ3v) is 6.49. The summed E-state index contributed by atoms with van der Waals surface area (Å²) in [4.78, 5) is 0. The third kappa shape index (κ3) is 3.09. The number of halogens is 2. The quantitative estimate of drug-likeness (QED) is 0.883. The maximum atomic E-state index is 12.1. The largest absolute Gasteiger partial charge is 0.278 e. The SMILES string of the molecule is N#Cc1ccccc1NS(=O)(=O)c1cc(Cl)c(Br)s1. The summed E-state index contributed by atoms with van der Waals surface area (Å²) in [5.74, 6) is 0. The lowest BCUT2D eigenvalue weighted by Crippen LogP contribution is -2.12. The summed E-state index contributed by atoms with van der Waals surface area (Å²) in [6.07, 6.45) is 0. The molecule has 0 saturated carbocycles. The predicted octanol–water partition coefficient (Wildman–Crippen LogP) is 3.84. The summed E-state index contributed by atoms with van der Waals surface area (Å²) in [6.45, 7) is 0. The maximum absolute atomic E-state index is 12.1. The van der Waals surface area contributed by atoms with Gasteiger partial charge in [-0.1, -0.05) is 23.7 Å². The maximum Gasteiger partial charge on any atom is 0.271 e. The van der Waals surface area contributed by atoms with Crippen LogP contribution >= 0.6 is 38.9 Å². The number of thiophene rings is 1. The van der Waals surface area contributed by atoms with Crippen molar-refractivity contribution in [3.63, 3.8) is 0 Å². The molecule has 98 valence electrons. The molecule has 4 nitrogen and oxygen atoms in total. The monoisotopic (exact) mass is 376 g/mol. The molecule has 1 heterocycles. The Morgan fingerprint density at radius 3 is 2.63 bits per heavy atom. The third-order valence-electron chi connectivity index (χ3n) is 2.18. The Labute approximate surface area is 127 Å². The molecule has 8 heteroatoms. The van der Waals surface area contributed by atoms with Crippen LogP contribution in [0.2, 0.25) is 5.02 Å². The van der Waals surface area contributed by atoms with Crippen molar-refractivity contribution in [1.29, 1.82) is 5.26 Å². The summed E-state index contributed by atoms with van der Waals surface area (Å²) in [5, 5.41) is 9.26. The van der Waals surface area contributed by atoms with Crippen LogP contribution in [-0.2, 0) is 10.0 Å². The number of nitriles is 1. The van der Waals surface area contributed by atoms with Gasteiger partial charge in [-0.25, -0.2) is 8.42 Å². The van der Waals surface area contributed by atoms with Crippen molar-refractivity contribution in [3.8, 4) is 6.07 Å². The van der Waals surface area contributed by atoms with Gasteiger partial charge in [0.1, 0.15) is 10.3 Å². The van der Waals surface area contributed by atoms with E-state index < -0.39 is 10.0 Å². The number of hydrogen-bond acceptors (Lipinski definition) is 4. The fourth-order valence-electron chi connectivity index (χ4n) is 1.32. The molecular formula is C11H6BrClN2O2S2. The van der Waals surface area contributed by atoms with Crippen LogP contribution in [0.5, 0.6) is 0 Å². The molecule has 1 aromatic heterocycles. The Balaban J connectivity index is 2.40. The number of para-hydroxylation sites is 1. The van der Waals surface area contributed by atoms with Crippen molar-refractivity contribution in [1.82, 2.24) is 0 Å². The van der Waals surface area contributed by atoms with Crippen LogP contribution in [-0.4, -0.2) is 8.42 Å². The van der Waals surface area contributed by atoms with Gasteiger partial charge >= 0.3 is 0 Å². The second-order valence-corrected chi connectivity index (χ2v) is 8.14. The van der Waals surface area contributed by atoms with Crippen molar-refractivity contribution in [2.45, 2.75) is 4.21 Å². The molecule has 0 saturated heterocycles. The highest BCUT2D eigenvalue weighted by Gasteiger charge is 2.20. The summed E-state index contributed by atoms with van der Waals surface area (Å²) in [5.41, 5.74) is 0.499. The average molecular weight is 378 g/mol. The molecule has 2 aromatic rings. The number of hydrogen-bond donors (Lipinski definition) is 1. The first kappa shape index (κ1) is 14.3. The fourth-order valence-corrected chi connectivity index (χ4v) is 4.80. The number of nitrogens with zero attached hydrogens (tertiary/aromatic N) is 1. The molecule has 0 fully saturated rings. The zero-order valence-electron chi connectivity index (χ0n) is 9.22. The molecule has 19 heavy (non-hydrogen) atoms. The molecule has 0 aliphatic heterocycles. The van der Waals surface area contributed by atoms with Gasteiger partial charge in [-0.05, 0) is 34.1 Å². The molecule has 0 aliphatic rings. The van der Waals surface area contributed by atoms with Crippen LogP contribution in [0.4, 0.5) is 5.69 Å². The summed E-state index contributed by atoms with van der Waals surface area (Å²) >= 11 is 9.99. The van der Waals surface area contributed by atoms with Gasteiger partial charge in [0.25, 0.3) is 10.0 Å². The van der Waals surface area contributed by atoms with E-state index in [9.17, 15) is 8.42 Å². The van der Waals surface area contributed by atoms with Crippen LogP contribution < -0.4 is 4.72 Å². The van der Waals surface area contributed by atoms with Crippen molar-refractivity contribution < 1.29 is 8.42 Å². The van der Waals surface area contributed by atoms with E-state index in [-0.39, 0.29) is 15.5 Å². The number of benzene rings is 1. The predicted molar refractivity (Wildman–Crippen MR) is 79.0 cm³/mol. The Hall–Kier alpha value is -1.07. The van der Waals surface area contributed by atoms with Crippen LogP contribution in [0.1, 0.15) is 5.56 Å². The minimum Gasteiger partial charge on any atom is -0.278 e. The lowest BCUT2D eigenvalue weighted by Gasteiger charge is -2.07. The van der Waals surface area contributed by atoms with Gasteiger partial charge in [-0.15, -0.1) is 11.3 Å². The van der Waals surface area contributed by atoms with Crippen molar-refractivity contribution >= 4 is 54.6 Å². The van der Waals surface area contributed by atoms with Gasteiger partial charge in [0.05, 0.1) is 20.1 Å². The van der Waals surface area contributed by atoms with Gasteiger partial charge in [-0.2, -0.15) is 5.26 Å². The van der Waals surface area contributed by atoms with Crippen molar-refractivity contribution in [2.75, 3.05) is 4.72 Å². The zero-order valence-corrected chi connectivity index (χ0v) is 13.2. The number of nitrogens with one attached hydrogen (secondary N) is 1. The summed E-state index contributed by atoms with van der Waals surface area (Å²) < 4.78 is 27.3. The van der Waals surface area contributed by atoms with Crippen LogP contribution in [0.15, 0.2) is 38.3 Å². The molecule has 0 radical (unpaired) electrons. The number of anilines is 1. The number of sulfonamides is 1. The molecule has 0 bridgehead atoms. The van der Waals surface area contributed by atoms with E-state index in [0.29, 0.717) is 8.81 Å². The topological polar surface area (TPSA) is 70.0 Å². The van der Waals surface area contributed by atoms with Gasteiger partial charge in [0.15, 0.2) is 0 Å². The highest BCUT2D eigenvalue weighted by atomic mass is 79.9. The van der Waals surface area contributed by atoms with Crippen LogP contribution in [0, 0.1) is 11.3 Å². The van der Waals surface area contributed by atoms with E-state index in [0.717, 1.165) is 11.3 Å². The molecule has 0 spiro atoms. The lowest BCUT2D eigenvalue weighted by molar-refractivity contribution is 0.603. The highest BCUT2D eigenvalue weighted by molar-refractivity contribution is 9.11. The van der Waals surface area contributed by atoms with E-state index in [1.165, 1.54) is 18.2 Å². The van der Waals surface area contributed by atoms with Crippen molar-refractivity contribution in [2.24, 2.45) is 0 Å². The zero-order chi connectivity index (χ0) is 14.0. The smallest absolute Gasteiger partial charge is 0.271 e. The average Bonchev–Trinajstić information content (AvgIpc) is 2.71. The first-order valence-corrected chi connectivity index (χ1v) is 8.38. The van der Waals surface area contributed by atoms with E-state index in [4.69, 9.17) is 16.9 Å². The van der Waals surface area contributed by atoms with E-state index in [1.807, 2.05) is 6.07 Å². The molecule has 0 atom stereocenters. The standard InChI is InChI=1S/C11H6BrClN2O2S2/c12-11-8(13)5-10(18-11)19(16,17)15-9-4-2-1-3-7(9)6-14/h1-5,15H. The van der Waals surface area contributed by atoms with Crippen LogP contribution in [0.25, 0.3) is 0 Å². The second-order valence-electron chi connectivity index (χ2n) is 3.45. The molecule has 0 aliphatic carbocycles. The van der Waals surface area contributed by atoms with Crippen LogP contribution in [0.3, 0.4) is 0 Å². The van der Waals surface area contributed by atoms with E-state index in [1.54, 1.807) is 12.1 Å². The van der Waals surface area contributed by atoms with E-state index in [2.05, 4.69) is 20.7 Å². The summed E-state index contributed by atoms with van der Waals surface area (Å²) in [6, 6.07) is 9.66. The van der Waals surface area contributed by atoms with Gasteiger partial charge < -0.3 is 0 Å². The molecule has 1 aromatic carbocycles.